The lowest BCUT2D eigenvalue weighted by atomic mass is 9.96. The SMILES string of the molecule is CN1CCC(CN)(N(C)Cc2cnn(C)c2)C1. The molecule has 1 saturated heterocycles. The van der Waals surface area contributed by atoms with Crippen molar-refractivity contribution in [1.82, 2.24) is 19.6 Å². The van der Waals surface area contributed by atoms with Crippen LogP contribution in [0.2, 0.25) is 0 Å². The van der Waals surface area contributed by atoms with Crippen LogP contribution < -0.4 is 5.73 Å². The summed E-state index contributed by atoms with van der Waals surface area (Å²) in [6.07, 6.45) is 5.15. The van der Waals surface area contributed by atoms with E-state index in [2.05, 4.69) is 35.2 Å². The van der Waals surface area contributed by atoms with Crippen LogP contribution in [0.15, 0.2) is 12.4 Å². The number of aryl methyl sites for hydroxylation is 1. The average molecular weight is 237 g/mol. The summed E-state index contributed by atoms with van der Waals surface area (Å²) >= 11 is 0. The van der Waals surface area contributed by atoms with E-state index in [9.17, 15) is 0 Å². The number of likely N-dealkylation sites (tertiary alicyclic amines) is 1. The van der Waals surface area contributed by atoms with Crippen LogP contribution in [0.4, 0.5) is 0 Å². The Morgan fingerprint density at radius 1 is 1.53 bits per heavy atom. The molecule has 0 radical (unpaired) electrons. The molecule has 0 aliphatic carbocycles. The maximum atomic E-state index is 6.00. The van der Waals surface area contributed by atoms with Crippen molar-refractivity contribution < 1.29 is 0 Å². The zero-order chi connectivity index (χ0) is 12.5. The first kappa shape index (κ1) is 12.5. The zero-order valence-electron chi connectivity index (χ0n) is 11.1. The van der Waals surface area contributed by atoms with Crippen molar-refractivity contribution in [3.05, 3.63) is 18.0 Å². The van der Waals surface area contributed by atoms with Crippen molar-refractivity contribution in [3.8, 4) is 0 Å². The van der Waals surface area contributed by atoms with Gasteiger partial charge in [0.1, 0.15) is 0 Å². The van der Waals surface area contributed by atoms with Crippen molar-refractivity contribution in [3.63, 3.8) is 0 Å². The minimum atomic E-state index is 0.130. The van der Waals surface area contributed by atoms with Crippen molar-refractivity contribution in [2.75, 3.05) is 33.7 Å². The van der Waals surface area contributed by atoms with E-state index in [-0.39, 0.29) is 5.54 Å². The molecule has 1 fully saturated rings. The fraction of sp³-hybridized carbons (Fsp3) is 0.750. The van der Waals surface area contributed by atoms with E-state index in [0.29, 0.717) is 6.54 Å². The fourth-order valence-electron chi connectivity index (χ4n) is 2.69. The fourth-order valence-corrected chi connectivity index (χ4v) is 2.69. The molecule has 0 amide bonds. The molecule has 5 heteroatoms. The van der Waals surface area contributed by atoms with Gasteiger partial charge in [-0.25, -0.2) is 0 Å². The molecule has 1 unspecified atom stereocenters. The van der Waals surface area contributed by atoms with Crippen LogP contribution in [-0.2, 0) is 13.6 Å². The average Bonchev–Trinajstić information content (AvgIpc) is 2.86. The number of aromatic nitrogens is 2. The third-order valence-corrected chi connectivity index (χ3v) is 3.89. The van der Waals surface area contributed by atoms with Crippen LogP contribution in [0.3, 0.4) is 0 Å². The highest BCUT2D eigenvalue weighted by Gasteiger charge is 2.38. The van der Waals surface area contributed by atoms with Gasteiger partial charge in [0, 0.05) is 44.0 Å². The molecule has 5 nitrogen and oxygen atoms in total. The summed E-state index contributed by atoms with van der Waals surface area (Å²) in [4.78, 5) is 4.74. The van der Waals surface area contributed by atoms with Gasteiger partial charge in [-0.15, -0.1) is 0 Å². The summed E-state index contributed by atoms with van der Waals surface area (Å²) in [5.74, 6) is 0. The van der Waals surface area contributed by atoms with E-state index in [1.165, 1.54) is 5.56 Å². The first-order chi connectivity index (χ1) is 8.05. The van der Waals surface area contributed by atoms with E-state index in [4.69, 9.17) is 5.73 Å². The molecule has 0 spiro atoms. The summed E-state index contributed by atoms with van der Waals surface area (Å²) in [6.45, 7) is 3.82. The second-order valence-corrected chi connectivity index (χ2v) is 5.29. The summed E-state index contributed by atoms with van der Waals surface area (Å²) in [7, 11) is 6.28. The molecule has 2 heterocycles. The molecule has 0 bridgehead atoms. The number of nitrogens with zero attached hydrogens (tertiary/aromatic N) is 4. The lowest BCUT2D eigenvalue weighted by Gasteiger charge is -2.37. The lowest BCUT2D eigenvalue weighted by Crippen LogP contribution is -2.53. The van der Waals surface area contributed by atoms with Crippen LogP contribution >= 0.6 is 0 Å². The molecule has 1 aliphatic rings. The molecule has 0 aromatic carbocycles. The third kappa shape index (κ3) is 2.51. The second-order valence-electron chi connectivity index (χ2n) is 5.29. The number of nitrogens with two attached hydrogens (primary N) is 1. The Balaban J connectivity index is 2.05. The Labute approximate surface area is 103 Å². The first-order valence-corrected chi connectivity index (χ1v) is 6.13. The third-order valence-electron chi connectivity index (χ3n) is 3.89. The molecular weight excluding hydrogens is 214 g/mol. The van der Waals surface area contributed by atoms with Crippen LogP contribution in [0.25, 0.3) is 0 Å². The van der Waals surface area contributed by atoms with E-state index in [1.54, 1.807) is 0 Å². The standard InChI is InChI=1S/C12H23N5/c1-15-5-4-12(9-13,10-15)16(2)7-11-6-14-17(3)8-11/h6,8H,4-5,7,9-10,13H2,1-3H3. The van der Waals surface area contributed by atoms with Crippen LogP contribution in [-0.4, -0.2) is 58.8 Å². The van der Waals surface area contributed by atoms with E-state index < -0.39 is 0 Å². The van der Waals surface area contributed by atoms with Gasteiger partial charge in [-0.3, -0.25) is 9.58 Å². The zero-order valence-corrected chi connectivity index (χ0v) is 11.1. The Hall–Kier alpha value is -0.910. The van der Waals surface area contributed by atoms with Crippen molar-refractivity contribution in [2.24, 2.45) is 12.8 Å². The number of hydrogen-bond acceptors (Lipinski definition) is 4. The highest BCUT2D eigenvalue weighted by molar-refractivity contribution is 5.06. The smallest absolute Gasteiger partial charge is 0.0534 e. The summed E-state index contributed by atoms with van der Waals surface area (Å²) in [5, 5.41) is 4.21. The first-order valence-electron chi connectivity index (χ1n) is 6.13. The van der Waals surface area contributed by atoms with Gasteiger partial charge < -0.3 is 10.6 Å². The molecule has 96 valence electrons. The van der Waals surface area contributed by atoms with E-state index >= 15 is 0 Å². The minimum absolute atomic E-state index is 0.130. The largest absolute Gasteiger partial charge is 0.329 e. The topological polar surface area (TPSA) is 50.3 Å². The normalized spacial score (nSPS) is 25.9. The summed E-state index contributed by atoms with van der Waals surface area (Å²) in [5.41, 5.74) is 7.38. The van der Waals surface area contributed by atoms with Crippen molar-refractivity contribution in [1.29, 1.82) is 0 Å². The van der Waals surface area contributed by atoms with E-state index in [0.717, 1.165) is 26.1 Å². The van der Waals surface area contributed by atoms with Crippen LogP contribution in [0.5, 0.6) is 0 Å². The Morgan fingerprint density at radius 2 is 2.29 bits per heavy atom. The number of hydrogen-bond donors (Lipinski definition) is 1. The second kappa shape index (κ2) is 4.76. The molecule has 1 aliphatic heterocycles. The number of likely N-dealkylation sites (N-methyl/N-ethyl adjacent to an activating group) is 2. The van der Waals surface area contributed by atoms with Gasteiger partial charge in [0.15, 0.2) is 0 Å². The lowest BCUT2D eigenvalue weighted by molar-refractivity contribution is 0.126. The van der Waals surface area contributed by atoms with Crippen LogP contribution in [0, 0.1) is 0 Å². The highest BCUT2D eigenvalue weighted by Crippen LogP contribution is 2.26. The van der Waals surface area contributed by atoms with Crippen LogP contribution in [0.1, 0.15) is 12.0 Å². The summed E-state index contributed by atoms with van der Waals surface area (Å²) in [6, 6.07) is 0. The van der Waals surface area contributed by atoms with Crippen molar-refractivity contribution in [2.45, 2.75) is 18.5 Å². The molecule has 1 aromatic heterocycles. The van der Waals surface area contributed by atoms with Crippen molar-refractivity contribution >= 4 is 0 Å². The molecule has 2 rings (SSSR count). The molecule has 17 heavy (non-hydrogen) atoms. The maximum absolute atomic E-state index is 6.00. The maximum Gasteiger partial charge on any atom is 0.0534 e. The predicted octanol–water partition coefficient (Wildman–Crippen LogP) is -0.115. The molecule has 0 saturated carbocycles. The van der Waals surface area contributed by atoms with Gasteiger partial charge in [-0.05, 0) is 27.1 Å². The Morgan fingerprint density at radius 3 is 2.76 bits per heavy atom. The quantitative estimate of drug-likeness (QED) is 0.793. The highest BCUT2D eigenvalue weighted by atomic mass is 15.3. The Kier molecular flexibility index (Phi) is 3.51. The monoisotopic (exact) mass is 237 g/mol. The van der Waals surface area contributed by atoms with Gasteiger partial charge in [0.25, 0.3) is 0 Å². The van der Waals surface area contributed by atoms with Gasteiger partial charge in [-0.1, -0.05) is 0 Å². The minimum Gasteiger partial charge on any atom is -0.329 e. The van der Waals surface area contributed by atoms with Gasteiger partial charge >= 0.3 is 0 Å². The predicted molar refractivity (Wildman–Crippen MR) is 68.6 cm³/mol. The van der Waals surface area contributed by atoms with E-state index in [1.807, 2.05) is 17.9 Å². The molecule has 1 atom stereocenters. The number of rotatable bonds is 4. The molecular formula is C12H23N5. The van der Waals surface area contributed by atoms with Gasteiger partial charge in [-0.2, -0.15) is 5.10 Å². The van der Waals surface area contributed by atoms with Gasteiger partial charge in [0.2, 0.25) is 0 Å². The Bertz CT molecular complexity index is 375. The van der Waals surface area contributed by atoms with Gasteiger partial charge in [0.05, 0.1) is 6.20 Å². The molecule has 1 aromatic rings. The summed E-state index contributed by atoms with van der Waals surface area (Å²) < 4.78 is 1.85. The molecule has 2 N–H and O–H groups in total.